The van der Waals surface area contributed by atoms with Gasteiger partial charge in [0.1, 0.15) is 5.25 Å². The Morgan fingerprint density at radius 3 is 2.17 bits per heavy atom. The van der Waals surface area contributed by atoms with Crippen molar-refractivity contribution >= 4 is 17.7 Å². The number of hydrogen-bond acceptors (Lipinski definition) is 3. The zero-order valence-electron chi connectivity index (χ0n) is 13.7. The first-order chi connectivity index (χ1) is 11.7. The summed E-state index contributed by atoms with van der Waals surface area (Å²) in [6.07, 6.45) is 3.94. The summed E-state index contributed by atoms with van der Waals surface area (Å²) < 4.78 is 0. The van der Waals surface area contributed by atoms with Crippen LogP contribution in [0.25, 0.3) is 0 Å². The molecule has 0 saturated heterocycles. The summed E-state index contributed by atoms with van der Waals surface area (Å²) in [7, 11) is 0. The molecule has 2 aromatic carbocycles. The maximum atomic E-state index is 12.9. The Balaban J connectivity index is 1.73. The van der Waals surface area contributed by atoms with Crippen molar-refractivity contribution < 1.29 is 4.79 Å². The molecular formula is C20H24N2OS. The number of nitrogens with two attached hydrogens (primary N) is 1. The van der Waals surface area contributed by atoms with Crippen LogP contribution in [0.5, 0.6) is 0 Å². The number of amides is 1. The van der Waals surface area contributed by atoms with Crippen LogP contribution in [-0.2, 0) is 4.79 Å². The van der Waals surface area contributed by atoms with Gasteiger partial charge < -0.3 is 11.1 Å². The Bertz CT molecular complexity index is 639. The van der Waals surface area contributed by atoms with Gasteiger partial charge >= 0.3 is 0 Å². The average Bonchev–Trinajstić information content (AvgIpc) is 2.63. The van der Waals surface area contributed by atoms with Gasteiger partial charge in [-0.1, -0.05) is 48.5 Å². The Morgan fingerprint density at radius 2 is 1.54 bits per heavy atom. The van der Waals surface area contributed by atoms with Crippen LogP contribution in [0.4, 0.5) is 0 Å². The number of rotatable bonds is 5. The summed E-state index contributed by atoms with van der Waals surface area (Å²) in [5.74, 6) is 0.0931. The van der Waals surface area contributed by atoms with Crippen LogP contribution < -0.4 is 11.1 Å². The van der Waals surface area contributed by atoms with Crippen LogP contribution in [0.15, 0.2) is 65.6 Å². The minimum Gasteiger partial charge on any atom is -0.352 e. The second kappa shape index (κ2) is 8.36. The third-order valence-electron chi connectivity index (χ3n) is 4.46. The van der Waals surface area contributed by atoms with Gasteiger partial charge in [0.25, 0.3) is 0 Å². The molecule has 0 radical (unpaired) electrons. The molecule has 2 aromatic rings. The largest absolute Gasteiger partial charge is 0.352 e. The van der Waals surface area contributed by atoms with Crippen molar-refractivity contribution in [3.05, 3.63) is 66.2 Å². The van der Waals surface area contributed by atoms with Crippen LogP contribution >= 0.6 is 11.8 Å². The highest BCUT2D eigenvalue weighted by Gasteiger charge is 2.26. The van der Waals surface area contributed by atoms with Crippen LogP contribution in [0.3, 0.4) is 0 Å². The Kier molecular flexibility index (Phi) is 5.94. The minimum absolute atomic E-state index is 0.0931. The van der Waals surface area contributed by atoms with Gasteiger partial charge in [0.15, 0.2) is 0 Å². The van der Waals surface area contributed by atoms with E-state index < -0.39 is 0 Å². The van der Waals surface area contributed by atoms with Crippen LogP contribution in [0.1, 0.15) is 36.5 Å². The van der Waals surface area contributed by atoms with Gasteiger partial charge in [-0.15, -0.1) is 11.8 Å². The van der Waals surface area contributed by atoms with Crippen LogP contribution in [-0.4, -0.2) is 18.0 Å². The third-order valence-corrected chi connectivity index (χ3v) is 5.72. The number of thioether (sulfide) groups is 1. The molecule has 126 valence electrons. The van der Waals surface area contributed by atoms with Crippen molar-refractivity contribution in [2.45, 2.75) is 47.9 Å². The van der Waals surface area contributed by atoms with Crippen molar-refractivity contribution in [2.75, 3.05) is 0 Å². The standard InChI is InChI=1S/C20H24N2OS/c21-16-11-13-17(14-12-16)22-20(23)19(15-7-3-1-4-8-15)24-18-9-5-2-6-10-18/h1-10,16-17,19H,11-14,21H2,(H,22,23). The zero-order chi connectivity index (χ0) is 16.8. The Labute approximate surface area is 148 Å². The molecule has 1 atom stereocenters. The molecule has 1 aliphatic rings. The van der Waals surface area contributed by atoms with E-state index in [-0.39, 0.29) is 17.2 Å². The average molecular weight is 340 g/mol. The molecule has 1 saturated carbocycles. The summed E-state index contributed by atoms with van der Waals surface area (Å²) in [5, 5.41) is 3.01. The van der Waals surface area contributed by atoms with E-state index in [1.165, 1.54) is 0 Å². The van der Waals surface area contributed by atoms with Crippen molar-refractivity contribution in [1.82, 2.24) is 5.32 Å². The molecule has 4 heteroatoms. The highest BCUT2D eigenvalue weighted by molar-refractivity contribution is 8.00. The molecule has 3 rings (SSSR count). The zero-order valence-corrected chi connectivity index (χ0v) is 14.5. The fraction of sp³-hybridized carbons (Fsp3) is 0.350. The number of nitrogens with one attached hydrogen (secondary N) is 1. The highest BCUT2D eigenvalue weighted by atomic mass is 32.2. The molecule has 1 unspecified atom stereocenters. The predicted octanol–water partition coefficient (Wildman–Crippen LogP) is 3.91. The monoisotopic (exact) mass is 340 g/mol. The molecule has 1 fully saturated rings. The lowest BCUT2D eigenvalue weighted by Gasteiger charge is -2.28. The van der Waals surface area contributed by atoms with Gasteiger partial charge in [-0.25, -0.2) is 0 Å². The topological polar surface area (TPSA) is 55.1 Å². The first-order valence-corrected chi connectivity index (χ1v) is 9.43. The maximum Gasteiger partial charge on any atom is 0.238 e. The summed E-state index contributed by atoms with van der Waals surface area (Å²) >= 11 is 1.60. The van der Waals surface area contributed by atoms with E-state index in [0.717, 1.165) is 36.1 Å². The summed E-state index contributed by atoms with van der Waals surface area (Å²) in [5.41, 5.74) is 7.00. The third kappa shape index (κ3) is 4.62. The van der Waals surface area contributed by atoms with E-state index >= 15 is 0 Å². The normalized spacial score (nSPS) is 21.9. The van der Waals surface area contributed by atoms with Crippen LogP contribution in [0.2, 0.25) is 0 Å². The molecule has 0 heterocycles. The first-order valence-electron chi connectivity index (χ1n) is 8.55. The Hall–Kier alpha value is -1.78. The summed E-state index contributed by atoms with van der Waals surface area (Å²) in [6, 6.07) is 20.6. The van der Waals surface area contributed by atoms with Crippen LogP contribution in [0, 0.1) is 0 Å². The molecule has 1 aliphatic carbocycles. The molecule has 24 heavy (non-hydrogen) atoms. The van der Waals surface area contributed by atoms with E-state index in [9.17, 15) is 4.79 Å². The smallest absolute Gasteiger partial charge is 0.238 e. The van der Waals surface area contributed by atoms with Gasteiger partial charge in [0, 0.05) is 17.0 Å². The van der Waals surface area contributed by atoms with Gasteiger partial charge in [-0.2, -0.15) is 0 Å². The van der Waals surface area contributed by atoms with E-state index in [1.54, 1.807) is 11.8 Å². The number of hydrogen-bond donors (Lipinski definition) is 2. The molecule has 0 aliphatic heterocycles. The van der Waals surface area contributed by atoms with Crippen molar-refractivity contribution in [3.8, 4) is 0 Å². The maximum absolute atomic E-state index is 12.9. The lowest BCUT2D eigenvalue weighted by Crippen LogP contribution is -2.41. The number of carbonyl (C=O) groups is 1. The van der Waals surface area contributed by atoms with E-state index in [4.69, 9.17) is 5.73 Å². The summed E-state index contributed by atoms with van der Waals surface area (Å²) in [6.45, 7) is 0. The minimum atomic E-state index is -0.232. The second-order valence-corrected chi connectivity index (χ2v) is 7.52. The van der Waals surface area contributed by atoms with Crippen molar-refractivity contribution in [1.29, 1.82) is 0 Å². The predicted molar refractivity (Wildman–Crippen MR) is 99.9 cm³/mol. The van der Waals surface area contributed by atoms with Crippen molar-refractivity contribution in [2.24, 2.45) is 5.73 Å². The highest BCUT2D eigenvalue weighted by Crippen LogP contribution is 2.35. The van der Waals surface area contributed by atoms with E-state index in [1.807, 2.05) is 60.7 Å². The van der Waals surface area contributed by atoms with E-state index in [0.29, 0.717) is 6.04 Å². The van der Waals surface area contributed by atoms with Gasteiger partial charge in [0.05, 0.1) is 0 Å². The molecule has 0 bridgehead atoms. The second-order valence-electron chi connectivity index (χ2n) is 6.34. The quantitative estimate of drug-likeness (QED) is 0.812. The summed E-state index contributed by atoms with van der Waals surface area (Å²) in [4.78, 5) is 14.0. The first kappa shape index (κ1) is 17.1. The Morgan fingerprint density at radius 1 is 0.958 bits per heavy atom. The SMILES string of the molecule is NC1CCC(NC(=O)C(Sc2ccccc2)c2ccccc2)CC1. The number of carbonyl (C=O) groups excluding carboxylic acids is 1. The lowest BCUT2D eigenvalue weighted by molar-refractivity contribution is -0.121. The van der Waals surface area contributed by atoms with Gasteiger partial charge in [0.2, 0.25) is 5.91 Å². The molecule has 0 spiro atoms. The number of benzene rings is 2. The lowest BCUT2D eigenvalue weighted by atomic mass is 9.91. The molecule has 1 amide bonds. The fourth-order valence-corrected chi connectivity index (χ4v) is 4.13. The van der Waals surface area contributed by atoms with E-state index in [2.05, 4.69) is 5.32 Å². The molecule has 3 nitrogen and oxygen atoms in total. The van der Waals surface area contributed by atoms with Gasteiger partial charge in [-0.05, 0) is 43.4 Å². The van der Waals surface area contributed by atoms with Crippen molar-refractivity contribution in [3.63, 3.8) is 0 Å². The fourth-order valence-electron chi connectivity index (χ4n) is 3.08. The molecule has 0 aromatic heterocycles. The molecular weight excluding hydrogens is 316 g/mol. The molecule has 3 N–H and O–H groups in total. The van der Waals surface area contributed by atoms with Gasteiger partial charge in [-0.3, -0.25) is 4.79 Å².